The Labute approximate surface area is 145 Å². The number of nitrogens with zero attached hydrogens (tertiary/aromatic N) is 2. The fraction of sp³-hybridized carbons (Fsp3) is 0.444. The number of esters is 1. The molecule has 1 saturated heterocycles. The summed E-state index contributed by atoms with van der Waals surface area (Å²) in [4.78, 5) is 13.7. The molecule has 0 aliphatic carbocycles. The Morgan fingerprint density at radius 3 is 2.96 bits per heavy atom. The van der Waals surface area contributed by atoms with Crippen LogP contribution in [-0.4, -0.2) is 35.4 Å². The zero-order valence-electron chi connectivity index (χ0n) is 13.7. The first-order valence-electron chi connectivity index (χ1n) is 8.51. The van der Waals surface area contributed by atoms with Crippen LogP contribution in [0.2, 0.25) is 0 Å². The average Bonchev–Trinajstić information content (AvgIpc) is 3.03. The Bertz CT molecular complexity index is 766. The number of carbonyl (C=O) groups is 1. The normalized spacial score (nSPS) is 17.2. The number of thioether (sulfide) groups is 1. The van der Waals surface area contributed by atoms with Crippen molar-refractivity contribution < 1.29 is 9.53 Å². The molecule has 0 unspecified atom stereocenters. The molecule has 0 saturated carbocycles. The number of nitrogens with one attached hydrogen (secondary N) is 1. The fourth-order valence-corrected chi connectivity index (χ4v) is 4.58. The average molecular weight is 343 g/mol. The minimum absolute atomic E-state index is 0.304. The van der Waals surface area contributed by atoms with Gasteiger partial charge in [0, 0.05) is 21.8 Å². The maximum atomic E-state index is 12.4. The van der Waals surface area contributed by atoms with Gasteiger partial charge in [-0.25, -0.2) is 4.79 Å². The summed E-state index contributed by atoms with van der Waals surface area (Å²) in [6.45, 7) is 4.19. The third-order valence-corrected chi connectivity index (χ3v) is 5.75. The van der Waals surface area contributed by atoms with Crippen LogP contribution in [0.5, 0.6) is 0 Å². The second-order valence-corrected chi connectivity index (χ2v) is 7.12. The highest BCUT2D eigenvalue weighted by molar-refractivity contribution is 7.98. The third-order valence-electron chi connectivity index (χ3n) is 4.65. The lowest BCUT2D eigenvalue weighted by Gasteiger charge is -2.26. The molecule has 5 nitrogen and oxygen atoms in total. The molecule has 3 heterocycles. The van der Waals surface area contributed by atoms with Crippen molar-refractivity contribution in [3.8, 4) is 11.3 Å². The van der Waals surface area contributed by atoms with E-state index in [-0.39, 0.29) is 5.97 Å². The molecule has 24 heavy (non-hydrogen) atoms. The molecule has 1 fully saturated rings. The van der Waals surface area contributed by atoms with Crippen LogP contribution in [0.25, 0.3) is 11.3 Å². The first-order chi connectivity index (χ1) is 11.8. The first-order valence-corrected chi connectivity index (χ1v) is 9.49. The molecule has 0 bridgehead atoms. The van der Waals surface area contributed by atoms with Crippen molar-refractivity contribution in [3.05, 3.63) is 35.5 Å². The Hall–Kier alpha value is -1.79. The summed E-state index contributed by atoms with van der Waals surface area (Å²) < 4.78 is 7.34. The van der Waals surface area contributed by atoms with Crippen molar-refractivity contribution in [1.82, 2.24) is 15.1 Å². The van der Waals surface area contributed by atoms with Gasteiger partial charge in [-0.1, -0.05) is 18.2 Å². The largest absolute Gasteiger partial charge is 0.461 e. The number of hydrogen-bond acceptors (Lipinski definition) is 5. The Balaban J connectivity index is 1.86. The maximum Gasteiger partial charge on any atom is 0.359 e. The maximum absolute atomic E-state index is 12.4. The number of hydrogen-bond donors (Lipinski definition) is 1. The molecular weight excluding hydrogens is 322 g/mol. The highest BCUT2D eigenvalue weighted by Crippen LogP contribution is 2.44. The molecule has 2 aromatic rings. The number of rotatable bonds is 3. The van der Waals surface area contributed by atoms with Crippen LogP contribution in [0.15, 0.2) is 29.2 Å². The van der Waals surface area contributed by atoms with E-state index in [0.29, 0.717) is 18.3 Å². The van der Waals surface area contributed by atoms with Gasteiger partial charge in [-0.2, -0.15) is 5.10 Å². The van der Waals surface area contributed by atoms with Crippen LogP contribution in [0.4, 0.5) is 0 Å². The highest BCUT2D eigenvalue weighted by Gasteiger charge is 2.32. The number of benzene rings is 1. The topological polar surface area (TPSA) is 56.1 Å². The van der Waals surface area contributed by atoms with Gasteiger partial charge < -0.3 is 10.1 Å². The smallest absolute Gasteiger partial charge is 0.359 e. The second kappa shape index (κ2) is 6.61. The molecule has 0 amide bonds. The molecule has 1 N–H and O–H groups in total. The van der Waals surface area contributed by atoms with Crippen LogP contribution >= 0.6 is 11.8 Å². The van der Waals surface area contributed by atoms with Crippen LogP contribution in [0.1, 0.15) is 41.9 Å². The van der Waals surface area contributed by atoms with Gasteiger partial charge in [0.05, 0.1) is 18.3 Å². The SMILES string of the molecule is CCOC(=O)c1nn(C2CCNCC2)c2c1CSc1ccccc1-2. The van der Waals surface area contributed by atoms with Crippen LogP contribution in [0, 0.1) is 0 Å². The Kier molecular flexibility index (Phi) is 4.33. The molecule has 2 aliphatic heterocycles. The fourth-order valence-electron chi connectivity index (χ4n) is 3.51. The van der Waals surface area contributed by atoms with E-state index in [9.17, 15) is 4.79 Å². The van der Waals surface area contributed by atoms with E-state index in [0.717, 1.165) is 42.9 Å². The summed E-state index contributed by atoms with van der Waals surface area (Å²) >= 11 is 1.77. The van der Waals surface area contributed by atoms with Crippen molar-refractivity contribution >= 4 is 17.7 Å². The minimum Gasteiger partial charge on any atom is -0.461 e. The Morgan fingerprint density at radius 1 is 1.38 bits per heavy atom. The molecule has 1 aromatic carbocycles. The predicted molar refractivity (Wildman–Crippen MR) is 94.3 cm³/mol. The standard InChI is InChI=1S/C18H21N3O2S/c1-2-23-18(22)16-14-11-24-15-6-4-3-5-13(15)17(14)21(20-16)12-7-9-19-10-8-12/h3-6,12,19H,2,7-11H2,1H3. The van der Waals surface area contributed by atoms with Gasteiger partial charge in [-0.05, 0) is 38.9 Å². The molecular formula is C18H21N3O2S. The van der Waals surface area contributed by atoms with E-state index in [4.69, 9.17) is 9.84 Å². The zero-order valence-corrected chi connectivity index (χ0v) is 14.6. The molecule has 126 valence electrons. The van der Waals surface area contributed by atoms with Crippen molar-refractivity contribution in [1.29, 1.82) is 0 Å². The summed E-state index contributed by atoms with van der Waals surface area (Å²) in [5, 5.41) is 8.13. The molecule has 4 rings (SSSR count). The van der Waals surface area contributed by atoms with E-state index >= 15 is 0 Å². The van der Waals surface area contributed by atoms with E-state index < -0.39 is 0 Å². The second-order valence-electron chi connectivity index (χ2n) is 6.11. The summed E-state index contributed by atoms with van der Waals surface area (Å²) in [5.74, 6) is 0.465. The predicted octanol–water partition coefficient (Wildman–Crippen LogP) is 3.26. The summed E-state index contributed by atoms with van der Waals surface area (Å²) in [7, 11) is 0. The van der Waals surface area contributed by atoms with Gasteiger partial charge in [0.2, 0.25) is 0 Å². The molecule has 0 radical (unpaired) electrons. The number of carbonyl (C=O) groups excluding carboxylic acids is 1. The molecule has 1 aromatic heterocycles. The van der Waals surface area contributed by atoms with Crippen molar-refractivity contribution in [2.45, 2.75) is 36.5 Å². The van der Waals surface area contributed by atoms with Crippen molar-refractivity contribution in [3.63, 3.8) is 0 Å². The van der Waals surface area contributed by atoms with Gasteiger partial charge in [-0.15, -0.1) is 11.8 Å². The highest BCUT2D eigenvalue weighted by atomic mass is 32.2. The third kappa shape index (κ3) is 2.63. The summed E-state index contributed by atoms with van der Waals surface area (Å²) in [6, 6.07) is 8.73. The van der Waals surface area contributed by atoms with Crippen LogP contribution < -0.4 is 5.32 Å². The minimum atomic E-state index is -0.304. The van der Waals surface area contributed by atoms with Crippen LogP contribution in [-0.2, 0) is 10.5 Å². The molecule has 2 aliphatic rings. The van der Waals surface area contributed by atoms with Gasteiger partial charge in [0.1, 0.15) is 0 Å². The number of fused-ring (bicyclic) bond motifs is 3. The van der Waals surface area contributed by atoms with Gasteiger partial charge in [-0.3, -0.25) is 4.68 Å². The lowest BCUT2D eigenvalue weighted by molar-refractivity contribution is 0.0517. The lowest BCUT2D eigenvalue weighted by Crippen LogP contribution is -2.30. The van der Waals surface area contributed by atoms with E-state index in [1.165, 1.54) is 10.5 Å². The molecule has 0 atom stereocenters. The zero-order chi connectivity index (χ0) is 16.5. The van der Waals surface area contributed by atoms with Crippen molar-refractivity contribution in [2.24, 2.45) is 0 Å². The van der Waals surface area contributed by atoms with E-state index in [1.807, 2.05) is 6.92 Å². The van der Waals surface area contributed by atoms with E-state index in [1.54, 1.807) is 11.8 Å². The number of aromatic nitrogens is 2. The van der Waals surface area contributed by atoms with Gasteiger partial charge >= 0.3 is 5.97 Å². The number of piperidine rings is 1. The van der Waals surface area contributed by atoms with Crippen LogP contribution in [0.3, 0.4) is 0 Å². The molecule has 0 spiro atoms. The number of ether oxygens (including phenoxy) is 1. The van der Waals surface area contributed by atoms with Gasteiger partial charge in [0.15, 0.2) is 5.69 Å². The lowest BCUT2D eigenvalue weighted by atomic mass is 10.0. The Morgan fingerprint density at radius 2 is 2.17 bits per heavy atom. The van der Waals surface area contributed by atoms with Gasteiger partial charge in [0.25, 0.3) is 0 Å². The van der Waals surface area contributed by atoms with Crippen molar-refractivity contribution in [2.75, 3.05) is 19.7 Å². The monoisotopic (exact) mass is 343 g/mol. The first kappa shape index (κ1) is 15.7. The summed E-state index contributed by atoms with van der Waals surface area (Å²) in [6.07, 6.45) is 2.07. The van der Waals surface area contributed by atoms with E-state index in [2.05, 4.69) is 34.3 Å². The summed E-state index contributed by atoms with van der Waals surface area (Å²) in [5.41, 5.74) is 3.81. The quantitative estimate of drug-likeness (QED) is 0.867. The molecule has 6 heteroatoms.